The lowest BCUT2D eigenvalue weighted by atomic mass is 9.87. The molecule has 0 fully saturated rings. The highest BCUT2D eigenvalue weighted by molar-refractivity contribution is 5.52. The molecule has 22 heavy (non-hydrogen) atoms. The van der Waals surface area contributed by atoms with Gasteiger partial charge in [-0.2, -0.15) is 5.26 Å². The van der Waals surface area contributed by atoms with Gasteiger partial charge in [-0.15, -0.1) is 0 Å². The van der Waals surface area contributed by atoms with Gasteiger partial charge in [-0.1, -0.05) is 29.8 Å². The van der Waals surface area contributed by atoms with Gasteiger partial charge in [0.1, 0.15) is 17.4 Å². The fourth-order valence-electron chi connectivity index (χ4n) is 2.64. The minimum absolute atomic E-state index is 0.0496. The molecule has 2 N–H and O–H groups in total. The Balaban J connectivity index is 2.32. The number of ether oxygens (including phenoxy) is 1. The van der Waals surface area contributed by atoms with Gasteiger partial charge in [0.25, 0.3) is 0 Å². The van der Waals surface area contributed by atoms with Crippen LogP contribution in [0.5, 0.6) is 5.75 Å². The first-order chi connectivity index (χ1) is 10.5. The van der Waals surface area contributed by atoms with Gasteiger partial charge in [0.2, 0.25) is 17.1 Å². The Morgan fingerprint density at radius 1 is 1.27 bits per heavy atom. The fourth-order valence-corrected chi connectivity index (χ4v) is 2.64. The van der Waals surface area contributed by atoms with Crippen molar-refractivity contribution in [2.45, 2.75) is 19.8 Å². The molecule has 2 aromatic rings. The molecule has 1 aromatic heterocycles. The van der Waals surface area contributed by atoms with E-state index in [9.17, 15) is 10.1 Å². The summed E-state index contributed by atoms with van der Waals surface area (Å²) in [7, 11) is 0. The Morgan fingerprint density at radius 2 is 2.05 bits per heavy atom. The van der Waals surface area contributed by atoms with Crippen molar-refractivity contribution >= 4 is 0 Å². The minimum Gasteiger partial charge on any atom is -0.461 e. The monoisotopic (exact) mass is 294 g/mol. The van der Waals surface area contributed by atoms with Crippen LogP contribution in [0.2, 0.25) is 0 Å². The molecule has 3 rings (SSSR count). The standard InChI is InChI=1S/C17H14N2O3/c1-9-4-3-5-11(6-9)14-12(8-18)17(19)22-15-13(20)7-10(2)21-16(14)15/h3-7,14H,19H2,1-2H3. The maximum atomic E-state index is 12.1. The van der Waals surface area contributed by atoms with Crippen molar-refractivity contribution in [1.29, 1.82) is 5.26 Å². The molecule has 0 spiro atoms. The van der Waals surface area contributed by atoms with Crippen LogP contribution in [0, 0.1) is 25.2 Å². The van der Waals surface area contributed by atoms with E-state index in [1.54, 1.807) is 6.92 Å². The molecular weight excluding hydrogens is 280 g/mol. The zero-order chi connectivity index (χ0) is 15.9. The van der Waals surface area contributed by atoms with E-state index in [0.717, 1.165) is 11.1 Å². The third-order valence-corrected chi connectivity index (χ3v) is 3.58. The van der Waals surface area contributed by atoms with Crippen LogP contribution < -0.4 is 15.9 Å². The highest BCUT2D eigenvalue weighted by Gasteiger charge is 2.34. The molecule has 0 amide bonds. The lowest BCUT2D eigenvalue weighted by Crippen LogP contribution is -2.25. The molecule has 0 radical (unpaired) electrons. The van der Waals surface area contributed by atoms with Crippen LogP contribution in [0.15, 0.2) is 51.0 Å². The van der Waals surface area contributed by atoms with Crippen molar-refractivity contribution in [3.8, 4) is 11.8 Å². The molecule has 0 saturated heterocycles. The number of nitriles is 1. The maximum Gasteiger partial charge on any atom is 0.228 e. The van der Waals surface area contributed by atoms with Gasteiger partial charge in [0.15, 0.2) is 5.76 Å². The number of nitrogens with zero attached hydrogens (tertiary/aromatic N) is 1. The zero-order valence-corrected chi connectivity index (χ0v) is 12.2. The van der Waals surface area contributed by atoms with Crippen molar-refractivity contribution in [3.05, 3.63) is 74.7 Å². The van der Waals surface area contributed by atoms with E-state index in [-0.39, 0.29) is 22.6 Å². The lowest BCUT2D eigenvalue weighted by Gasteiger charge is -2.24. The largest absolute Gasteiger partial charge is 0.461 e. The number of hydrogen-bond acceptors (Lipinski definition) is 5. The smallest absolute Gasteiger partial charge is 0.228 e. The predicted molar refractivity (Wildman–Crippen MR) is 80.2 cm³/mol. The fraction of sp³-hybridized carbons (Fsp3) is 0.176. The van der Waals surface area contributed by atoms with E-state index in [2.05, 4.69) is 6.07 Å². The van der Waals surface area contributed by atoms with Gasteiger partial charge in [-0.3, -0.25) is 4.79 Å². The molecule has 1 unspecified atom stereocenters. The average Bonchev–Trinajstić information content (AvgIpc) is 2.47. The van der Waals surface area contributed by atoms with Gasteiger partial charge < -0.3 is 14.9 Å². The van der Waals surface area contributed by atoms with Gasteiger partial charge >= 0.3 is 0 Å². The quantitative estimate of drug-likeness (QED) is 0.872. The Hall–Kier alpha value is -3.00. The van der Waals surface area contributed by atoms with E-state index < -0.39 is 5.92 Å². The molecule has 1 aromatic carbocycles. The molecule has 0 bridgehead atoms. The third kappa shape index (κ3) is 2.15. The molecule has 1 aliphatic rings. The number of benzene rings is 1. The van der Waals surface area contributed by atoms with Crippen LogP contribution in [0.4, 0.5) is 0 Å². The molecule has 1 atom stereocenters. The second-order valence-electron chi connectivity index (χ2n) is 5.25. The number of aryl methyl sites for hydroxylation is 2. The molecule has 2 heterocycles. The molecule has 0 saturated carbocycles. The summed E-state index contributed by atoms with van der Waals surface area (Å²) in [4.78, 5) is 12.1. The van der Waals surface area contributed by atoms with Crippen LogP contribution in [-0.4, -0.2) is 0 Å². The van der Waals surface area contributed by atoms with Gasteiger partial charge in [-0.25, -0.2) is 0 Å². The van der Waals surface area contributed by atoms with Crippen molar-refractivity contribution in [2.24, 2.45) is 5.73 Å². The van der Waals surface area contributed by atoms with Crippen molar-refractivity contribution in [1.82, 2.24) is 0 Å². The Bertz CT molecular complexity index is 888. The van der Waals surface area contributed by atoms with Crippen molar-refractivity contribution in [2.75, 3.05) is 0 Å². The van der Waals surface area contributed by atoms with E-state index in [1.807, 2.05) is 31.2 Å². The van der Waals surface area contributed by atoms with Crippen LogP contribution in [0.1, 0.15) is 28.6 Å². The first-order valence-corrected chi connectivity index (χ1v) is 6.80. The molecular formula is C17H14N2O3. The summed E-state index contributed by atoms with van der Waals surface area (Å²) in [6.45, 7) is 3.64. The summed E-state index contributed by atoms with van der Waals surface area (Å²) in [6, 6.07) is 11.1. The number of rotatable bonds is 1. The van der Waals surface area contributed by atoms with Crippen molar-refractivity contribution < 1.29 is 9.15 Å². The van der Waals surface area contributed by atoms with E-state index in [4.69, 9.17) is 14.9 Å². The second-order valence-corrected chi connectivity index (χ2v) is 5.25. The van der Waals surface area contributed by atoms with Gasteiger partial charge in [-0.05, 0) is 19.4 Å². The predicted octanol–water partition coefficient (Wildman–Crippen LogP) is 2.47. The topological polar surface area (TPSA) is 89.2 Å². The summed E-state index contributed by atoms with van der Waals surface area (Å²) >= 11 is 0. The van der Waals surface area contributed by atoms with Crippen LogP contribution >= 0.6 is 0 Å². The maximum absolute atomic E-state index is 12.1. The summed E-state index contributed by atoms with van der Waals surface area (Å²) in [6.07, 6.45) is 0. The van der Waals surface area contributed by atoms with Crippen LogP contribution in [0.25, 0.3) is 0 Å². The number of hydrogen-bond donors (Lipinski definition) is 1. The third-order valence-electron chi connectivity index (χ3n) is 3.58. The van der Waals surface area contributed by atoms with Crippen LogP contribution in [-0.2, 0) is 0 Å². The molecule has 0 aliphatic carbocycles. The first-order valence-electron chi connectivity index (χ1n) is 6.80. The first kappa shape index (κ1) is 14.0. The minimum atomic E-state index is -0.541. The summed E-state index contributed by atoms with van der Waals surface area (Å²) in [5.74, 6) is 0.233. The Morgan fingerprint density at radius 3 is 2.73 bits per heavy atom. The van der Waals surface area contributed by atoms with Gasteiger partial charge in [0, 0.05) is 6.07 Å². The van der Waals surface area contributed by atoms with Crippen molar-refractivity contribution in [3.63, 3.8) is 0 Å². The Kier molecular flexibility index (Phi) is 3.22. The highest BCUT2D eigenvalue weighted by atomic mass is 16.5. The second kappa shape index (κ2) is 5.08. The lowest BCUT2D eigenvalue weighted by molar-refractivity contribution is 0.337. The molecule has 5 nitrogen and oxygen atoms in total. The summed E-state index contributed by atoms with van der Waals surface area (Å²) in [5, 5.41) is 9.44. The summed E-state index contributed by atoms with van der Waals surface area (Å²) < 4.78 is 11.0. The molecule has 1 aliphatic heterocycles. The van der Waals surface area contributed by atoms with E-state index >= 15 is 0 Å². The number of fused-ring (bicyclic) bond motifs is 1. The SMILES string of the molecule is Cc1cccc(C2C(C#N)=C(N)Oc3c2oc(C)cc3=O)c1. The zero-order valence-electron chi connectivity index (χ0n) is 12.2. The van der Waals surface area contributed by atoms with Gasteiger partial charge in [0.05, 0.1) is 5.92 Å². The number of nitrogens with two attached hydrogens (primary N) is 1. The Labute approximate surface area is 127 Å². The van der Waals surface area contributed by atoms with Crippen LogP contribution in [0.3, 0.4) is 0 Å². The summed E-state index contributed by atoms with van der Waals surface area (Å²) in [5.41, 5.74) is 7.63. The molecule has 110 valence electrons. The molecule has 5 heteroatoms. The average molecular weight is 294 g/mol. The normalized spacial score (nSPS) is 16.7. The highest BCUT2D eigenvalue weighted by Crippen LogP contribution is 2.40. The van der Waals surface area contributed by atoms with E-state index in [0.29, 0.717) is 11.5 Å². The number of allylic oxidation sites excluding steroid dienone is 1. The van der Waals surface area contributed by atoms with E-state index in [1.165, 1.54) is 6.07 Å².